The Bertz CT molecular complexity index is 620. The minimum atomic E-state index is -4.45. The van der Waals surface area contributed by atoms with Crippen molar-refractivity contribution in [2.24, 2.45) is 0 Å². The van der Waals surface area contributed by atoms with Gasteiger partial charge in [-0.15, -0.1) is 11.3 Å². The third-order valence-electron chi connectivity index (χ3n) is 2.74. The van der Waals surface area contributed by atoms with Crippen LogP contribution < -0.4 is 5.32 Å². The first kappa shape index (κ1) is 15.9. The van der Waals surface area contributed by atoms with Gasteiger partial charge < -0.3 is 5.32 Å². The lowest BCUT2D eigenvalue weighted by Crippen LogP contribution is -2.23. The van der Waals surface area contributed by atoms with E-state index in [1.54, 1.807) is 25.1 Å². The number of nitrogens with zero attached hydrogens (tertiary/aromatic N) is 2. The number of pyridine rings is 1. The molecule has 21 heavy (non-hydrogen) atoms. The van der Waals surface area contributed by atoms with E-state index in [1.807, 2.05) is 13.8 Å². The van der Waals surface area contributed by atoms with Crippen molar-refractivity contribution in [3.63, 3.8) is 0 Å². The predicted molar refractivity (Wildman–Crippen MR) is 77.1 cm³/mol. The van der Waals surface area contributed by atoms with Gasteiger partial charge in [0.05, 0.1) is 10.6 Å². The van der Waals surface area contributed by atoms with E-state index in [-0.39, 0.29) is 17.5 Å². The molecule has 0 aliphatic heterocycles. The molecular weight excluding hydrogens is 299 g/mol. The highest BCUT2D eigenvalue weighted by Gasteiger charge is 2.37. The number of halogens is 3. The van der Waals surface area contributed by atoms with E-state index in [9.17, 15) is 13.2 Å². The zero-order valence-corrected chi connectivity index (χ0v) is 12.8. The second-order valence-corrected chi connectivity index (χ2v) is 6.07. The molecule has 0 saturated carbocycles. The molecule has 0 aromatic carbocycles. The normalized spacial score (nSPS) is 12.1. The highest BCUT2D eigenvalue weighted by atomic mass is 32.1. The number of hydrogen-bond donors (Lipinski definition) is 1. The smallest absolute Gasteiger partial charge is 0.310 e. The number of alkyl halides is 3. The van der Waals surface area contributed by atoms with Crippen LogP contribution in [-0.4, -0.2) is 16.0 Å². The van der Waals surface area contributed by atoms with Gasteiger partial charge >= 0.3 is 6.18 Å². The maximum atomic E-state index is 13.1. The molecule has 0 aliphatic carbocycles. The van der Waals surface area contributed by atoms with Gasteiger partial charge in [-0.25, -0.2) is 4.98 Å². The molecular formula is C14H16F3N3S. The van der Waals surface area contributed by atoms with Gasteiger partial charge in [0.25, 0.3) is 0 Å². The summed E-state index contributed by atoms with van der Waals surface area (Å²) >= 11 is 1.03. The topological polar surface area (TPSA) is 37.8 Å². The van der Waals surface area contributed by atoms with E-state index in [2.05, 4.69) is 15.3 Å². The lowest BCUT2D eigenvalue weighted by atomic mass is 10.3. The lowest BCUT2D eigenvalue weighted by molar-refractivity contribution is -0.141. The largest absolute Gasteiger partial charge is 0.434 e. The van der Waals surface area contributed by atoms with Gasteiger partial charge in [0.1, 0.15) is 5.01 Å². The minimum absolute atomic E-state index is 0.105. The first-order valence-corrected chi connectivity index (χ1v) is 7.33. The first-order chi connectivity index (χ1) is 9.77. The van der Waals surface area contributed by atoms with Crippen molar-refractivity contribution < 1.29 is 13.2 Å². The summed E-state index contributed by atoms with van der Waals surface area (Å²) in [7, 11) is 0. The molecule has 7 heteroatoms. The van der Waals surface area contributed by atoms with Crippen LogP contribution in [0.3, 0.4) is 0 Å². The zero-order chi connectivity index (χ0) is 15.6. The Kier molecular flexibility index (Phi) is 4.63. The summed E-state index contributed by atoms with van der Waals surface area (Å²) in [6.07, 6.45) is -4.45. The average Bonchev–Trinajstić information content (AvgIpc) is 2.80. The van der Waals surface area contributed by atoms with E-state index in [1.165, 1.54) is 0 Å². The van der Waals surface area contributed by atoms with Crippen LogP contribution in [0.15, 0.2) is 18.2 Å². The van der Waals surface area contributed by atoms with Crippen LogP contribution in [-0.2, 0) is 12.7 Å². The monoisotopic (exact) mass is 315 g/mol. The molecule has 2 aromatic rings. The van der Waals surface area contributed by atoms with Crippen LogP contribution in [0, 0.1) is 6.92 Å². The maximum Gasteiger partial charge on any atom is 0.434 e. The third kappa shape index (κ3) is 4.01. The Labute approximate surface area is 125 Å². The molecule has 0 radical (unpaired) electrons. The minimum Gasteiger partial charge on any atom is -0.310 e. The van der Waals surface area contributed by atoms with Crippen molar-refractivity contribution in [2.45, 2.75) is 39.5 Å². The Hall–Kier alpha value is -1.47. The highest BCUT2D eigenvalue weighted by Crippen LogP contribution is 2.37. The SMILES string of the molecule is Cc1cccc(-c2nc(C(F)(F)F)c(CNC(C)C)s2)n1. The van der Waals surface area contributed by atoms with Gasteiger partial charge in [-0.1, -0.05) is 19.9 Å². The van der Waals surface area contributed by atoms with E-state index in [0.717, 1.165) is 17.0 Å². The fraction of sp³-hybridized carbons (Fsp3) is 0.429. The molecule has 0 atom stereocenters. The van der Waals surface area contributed by atoms with Crippen LogP contribution in [0.25, 0.3) is 10.7 Å². The molecule has 3 nitrogen and oxygen atoms in total. The third-order valence-corrected chi connectivity index (χ3v) is 3.82. The summed E-state index contributed by atoms with van der Waals surface area (Å²) in [6.45, 7) is 5.72. The van der Waals surface area contributed by atoms with Crippen LogP contribution in [0.4, 0.5) is 13.2 Å². The van der Waals surface area contributed by atoms with E-state index < -0.39 is 11.9 Å². The number of hydrogen-bond acceptors (Lipinski definition) is 4. The van der Waals surface area contributed by atoms with Gasteiger partial charge in [0, 0.05) is 18.3 Å². The van der Waals surface area contributed by atoms with E-state index >= 15 is 0 Å². The van der Waals surface area contributed by atoms with Crippen molar-refractivity contribution in [1.82, 2.24) is 15.3 Å². The summed E-state index contributed by atoms with van der Waals surface area (Å²) in [6, 6.07) is 5.33. The zero-order valence-electron chi connectivity index (χ0n) is 12.0. The van der Waals surface area contributed by atoms with Gasteiger partial charge in [0.15, 0.2) is 5.69 Å². The molecule has 1 N–H and O–H groups in total. The van der Waals surface area contributed by atoms with Gasteiger partial charge in [-0.2, -0.15) is 13.2 Å². The average molecular weight is 315 g/mol. The number of aromatic nitrogens is 2. The molecule has 0 fully saturated rings. The van der Waals surface area contributed by atoms with Crippen LogP contribution >= 0.6 is 11.3 Å². The Morgan fingerprint density at radius 3 is 2.52 bits per heavy atom. The summed E-state index contributed by atoms with van der Waals surface area (Å²) in [5.74, 6) is 0. The second-order valence-electron chi connectivity index (χ2n) is 4.99. The van der Waals surface area contributed by atoms with Gasteiger partial charge in [-0.05, 0) is 19.1 Å². The Balaban J connectivity index is 2.40. The Morgan fingerprint density at radius 1 is 1.24 bits per heavy atom. The van der Waals surface area contributed by atoms with Gasteiger partial charge in [0.2, 0.25) is 0 Å². The van der Waals surface area contributed by atoms with E-state index in [0.29, 0.717) is 10.7 Å². The summed E-state index contributed by atoms with van der Waals surface area (Å²) in [5, 5.41) is 3.30. The fourth-order valence-corrected chi connectivity index (χ4v) is 2.76. The summed E-state index contributed by atoms with van der Waals surface area (Å²) in [4.78, 5) is 8.19. The van der Waals surface area contributed by atoms with E-state index in [4.69, 9.17) is 0 Å². The molecule has 2 heterocycles. The van der Waals surface area contributed by atoms with Crippen LogP contribution in [0.2, 0.25) is 0 Å². The number of rotatable bonds is 4. The Morgan fingerprint density at radius 2 is 1.95 bits per heavy atom. The number of thiazole rings is 1. The number of nitrogens with one attached hydrogen (secondary N) is 1. The van der Waals surface area contributed by atoms with Crippen molar-refractivity contribution in [3.8, 4) is 10.7 Å². The second kappa shape index (κ2) is 6.11. The number of aryl methyl sites for hydroxylation is 1. The summed E-state index contributed by atoms with van der Waals surface area (Å²) < 4.78 is 39.2. The van der Waals surface area contributed by atoms with Crippen molar-refractivity contribution in [3.05, 3.63) is 34.5 Å². The molecule has 0 spiro atoms. The van der Waals surface area contributed by atoms with Crippen molar-refractivity contribution in [1.29, 1.82) is 0 Å². The van der Waals surface area contributed by atoms with Gasteiger partial charge in [-0.3, -0.25) is 4.98 Å². The fourth-order valence-electron chi connectivity index (χ4n) is 1.76. The maximum absolute atomic E-state index is 13.1. The lowest BCUT2D eigenvalue weighted by Gasteiger charge is -2.09. The highest BCUT2D eigenvalue weighted by molar-refractivity contribution is 7.15. The molecule has 0 saturated heterocycles. The molecule has 0 aliphatic rings. The predicted octanol–water partition coefficient (Wildman–Crippen LogP) is 4.03. The first-order valence-electron chi connectivity index (χ1n) is 6.51. The van der Waals surface area contributed by atoms with Crippen LogP contribution in [0.1, 0.15) is 30.1 Å². The van der Waals surface area contributed by atoms with Crippen molar-refractivity contribution >= 4 is 11.3 Å². The molecule has 2 aromatic heterocycles. The molecule has 114 valence electrons. The molecule has 0 bridgehead atoms. The standard InChI is InChI=1S/C14H16F3N3S/c1-8(2)18-7-11-12(14(15,16)17)20-13(21-11)10-6-4-5-9(3)19-10/h4-6,8,18H,7H2,1-3H3. The molecule has 2 rings (SSSR count). The van der Waals surface area contributed by atoms with Crippen LogP contribution in [0.5, 0.6) is 0 Å². The van der Waals surface area contributed by atoms with Crippen molar-refractivity contribution in [2.75, 3.05) is 0 Å². The molecule has 0 amide bonds. The summed E-state index contributed by atoms with van der Waals surface area (Å²) in [5.41, 5.74) is 0.401. The molecule has 0 unspecified atom stereocenters. The quantitative estimate of drug-likeness (QED) is 0.925.